The second-order valence-corrected chi connectivity index (χ2v) is 5.76. The topological polar surface area (TPSA) is 72.9 Å². The van der Waals surface area contributed by atoms with Crippen molar-refractivity contribution in [2.75, 3.05) is 11.9 Å². The van der Waals surface area contributed by atoms with Gasteiger partial charge in [-0.25, -0.2) is 4.68 Å². The number of anilines is 1. The van der Waals surface area contributed by atoms with Crippen LogP contribution in [0.4, 0.5) is 5.69 Å². The van der Waals surface area contributed by atoms with Gasteiger partial charge >= 0.3 is 0 Å². The van der Waals surface area contributed by atoms with Crippen LogP contribution in [-0.2, 0) is 6.54 Å². The van der Waals surface area contributed by atoms with Gasteiger partial charge in [0, 0.05) is 19.1 Å². The Bertz CT molecular complexity index is 496. The fourth-order valence-corrected chi connectivity index (χ4v) is 3.10. The van der Waals surface area contributed by atoms with Gasteiger partial charge in [0.05, 0.1) is 11.9 Å². The highest BCUT2D eigenvalue weighted by molar-refractivity contribution is 6.32. The van der Waals surface area contributed by atoms with Gasteiger partial charge in [-0.1, -0.05) is 30.9 Å². The number of hydrogen-bond acceptors (Lipinski definition) is 4. The van der Waals surface area contributed by atoms with Gasteiger partial charge in [0.25, 0.3) is 5.56 Å². The lowest BCUT2D eigenvalue weighted by Crippen LogP contribution is -2.38. The lowest BCUT2D eigenvalue weighted by Gasteiger charge is -2.30. The zero-order valence-corrected chi connectivity index (χ0v) is 12.7. The number of aromatic nitrogens is 2. The molecule has 0 radical (unpaired) electrons. The highest BCUT2D eigenvalue weighted by Gasteiger charge is 2.23. The minimum Gasteiger partial charge on any atom is -0.378 e. The van der Waals surface area contributed by atoms with Crippen LogP contribution in [0.15, 0.2) is 11.0 Å². The number of halogens is 1. The Balaban J connectivity index is 2.15. The number of nitrogens with two attached hydrogens (primary N) is 1. The molecule has 1 aliphatic rings. The summed E-state index contributed by atoms with van der Waals surface area (Å²) in [4.78, 5) is 12.0. The second kappa shape index (κ2) is 7.09. The monoisotopic (exact) mass is 298 g/mol. The second-order valence-electron chi connectivity index (χ2n) is 5.38. The highest BCUT2D eigenvalue weighted by atomic mass is 35.5. The summed E-state index contributed by atoms with van der Waals surface area (Å²) in [5.74, 6) is 0.554. The standard InChI is InChI=1S/C14H23ClN4O/c1-2-19-14(20)13(15)12(9-17-19)18-11(8-16)10-6-4-3-5-7-10/h9-11,18H,2-8,16H2,1H3. The van der Waals surface area contributed by atoms with Crippen LogP contribution in [0.25, 0.3) is 0 Å². The molecule has 20 heavy (non-hydrogen) atoms. The molecule has 112 valence electrons. The fraction of sp³-hybridized carbons (Fsp3) is 0.714. The number of nitrogens with one attached hydrogen (secondary N) is 1. The third kappa shape index (κ3) is 3.33. The minimum atomic E-state index is -0.251. The Hall–Kier alpha value is -1.07. The van der Waals surface area contributed by atoms with Gasteiger partial charge in [-0.3, -0.25) is 4.79 Å². The molecule has 1 saturated carbocycles. The Kier molecular flexibility index (Phi) is 5.43. The molecule has 1 fully saturated rings. The van der Waals surface area contributed by atoms with Crippen molar-refractivity contribution in [2.24, 2.45) is 11.7 Å². The molecule has 0 bridgehead atoms. The summed E-state index contributed by atoms with van der Waals surface area (Å²) in [6.07, 6.45) is 7.82. The average Bonchev–Trinajstić information content (AvgIpc) is 2.50. The van der Waals surface area contributed by atoms with Gasteiger partial charge in [0.15, 0.2) is 0 Å². The van der Waals surface area contributed by atoms with E-state index in [9.17, 15) is 4.79 Å². The Morgan fingerprint density at radius 2 is 2.20 bits per heavy atom. The van der Waals surface area contributed by atoms with Crippen LogP contribution < -0.4 is 16.6 Å². The molecule has 2 rings (SSSR count). The molecular formula is C14H23ClN4O. The van der Waals surface area contributed by atoms with Gasteiger partial charge in [0.2, 0.25) is 0 Å². The smallest absolute Gasteiger partial charge is 0.287 e. The molecule has 0 aliphatic heterocycles. The van der Waals surface area contributed by atoms with Crippen LogP contribution in [0, 0.1) is 5.92 Å². The molecular weight excluding hydrogens is 276 g/mol. The Labute approximate surface area is 124 Å². The summed E-state index contributed by atoms with van der Waals surface area (Å²) < 4.78 is 1.35. The summed E-state index contributed by atoms with van der Waals surface area (Å²) in [6.45, 7) is 2.92. The first-order valence-corrected chi connectivity index (χ1v) is 7.77. The SMILES string of the molecule is CCn1ncc(NC(CN)C2CCCCC2)c(Cl)c1=O. The van der Waals surface area contributed by atoms with Crippen molar-refractivity contribution in [3.63, 3.8) is 0 Å². The van der Waals surface area contributed by atoms with E-state index in [4.69, 9.17) is 17.3 Å². The lowest BCUT2D eigenvalue weighted by atomic mass is 9.84. The number of nitrogens with zero attached hydrogens (tertiary/aromatic N) is 2. The van der Waals surface area contributed by atoms with E-state index in [1.165, 1.54) is 36.8 Å². The van der Waals surface area contributed by atoms with Crippen molar-refractivity contribution < 1.29 is 0 Å². The minimum absolute atomic E-state index is 0.159. The molecule has 1 atom stereocenters. The van der Waals surface area contributed by atoms with Gasteiger partial charge in [0.1, 0.15) is 5.02 Å². The van der Waals surface area contributed by atoms with E-state index >= 15 is 0 Å². The first kappa shape index (κ1) is 15.3. The van der Waals surface area contributed by atoms with Crippen molar-refractivity contribution in [3.8, 4) is 0 Å². The van der Waals surface area contributed by atoms with Crippen molar-refractivity contribution in [1.29, 1.82) is 0 Å². The maximum absolute atomic E-state index is 12.0. The van der Waals surface area contributed by atoms with Crippen LogP contribution in [0.1, 0.15) is 39.0 Å². The zero-order chi connectivity index (χ0) is 14.5. The third-order valence-corrected chi connectivity index (χ3v) is 4.46. The zero-order valence-electron chi connectivity index (χ0n) is 11.9. The van der Waals surface area contributed by atoms with E-state index in [1.807, 2.05) is 6.92 Å². The molecule has 5 nitrogen and oxygen atoms in total. The molecule has 0 saturated heterocycles. The van der Waals surface area contributed by atoms with E-state index in [2.05, 4.69) is 10.4 Å². The van der Waals surface area contributed by atoms with Gasteiger partial charge in [-0.15, -0.1) is 0 Å². The molecule has 1 aliphatic carbocycles. The molecule has 3 N–H and O–H groups in total. The molecule has 0 amide bonds. The molecule has 1 aromatic rings. The van der Waals surface area contributed by atoms with E-state index in [0.29, 0.717) is 24.7 Å². The average molecular weight is 299 g/mol. The van der Waals surface area contributed by atoms with Crippen LogP contribution in [-0.4, -0.2) is 22.4 Å². The Morgan fingerprint density at radius 3 is 2.80 bits per heavy atom. The van der Waals surface area contributed by atoms with E-state index in [0.717, 1.165) is 0 Å². The fourth-order valence-electron chi connectivity index (χ4n) is 2.90. The highest BCUT2D eigenvalue weighted by Crippen LogP contribution is 2.28. The Morgan fingerprint density at radius 1 is 1.50 bits per heavy atom. The predicted octanol–water partition coefficient (Wildman–Crippen LogP) is 2.24. The van der Waals surface area contributed by atoms with Gasteiger partial charge < -0.3 is 11.1 Å². The maximum Gasteiger partial charge on any atom is 0.287 e. The number of rotatable bonds is 5. The van der Waals surface area contributed by atoms with E-state index in [1.54, 1.807) is 6.20 Å². The number of aryl methyl sites for hydroxylation is 1. The maximum atomic E-state index is 12.0. The number of hydrogen-bond donors (Lipinski definition) is 2. The largest absolute Gasteiger partial charge is 0.378 e. The van der Waals surface area contributed by atoms with Gasteiger partial charge in [-0.05, 0) is 25.7 Å². The lowest BCUT2D eigenvalue weighted by molar-refractivity contribution is 0.320. The van der Waals surface area contributed by atoms with Crippen molar-refractivity contribution in [3.05, 3.63) is 21.6 Å². The normalized spacial score (nSPS) is 17.9. The van der Waals surface area contributed by atoms with Crippen molar-refractivity contribution in [2.45, 2.75) is 51.6 Å². The van der Waals surface area contributed by atoms with Crippen LogP contribution in [0.5, 0.6) is 0 Å². The first-order chi connectivity index (χ1) is 9.67. The summed E-state index contributed by atoms with van der Waals surface area (Å²) in [6, 6.07) is 0.159. The summed E-state index contributed by atoms with van der Waals surface area (Å²) in [5, 5.41) is 7.64. The molecule has 6 heteroatoms. The first-order valence-electron chi connectivity index (χ1n) is 7.39. The van der Waals surface area contributed by atoms with Crippen molar-refractivity contribution >= 4 is 17.3 Å². The van der Waals surface area contributed by atoms with E-state index in [-0.39, 0.29) is 16.6 Å². The summed E-state index contributed by atoms with van der Waals surface area (Å²) in [5.41, 5.74) is 6.23. The molecule has 1 heterocycles. The molecule has 1 aromatic heterocycles. The van der Waals surface area contributed by atoms with Crippen LogP contribution in [0.2, 0.25) is 5.02 Å². The molecule has 0 aromatic carbocycles. The quantitative estimate of drug-likeness (QED) is 0.874. The van der Waals surface area contributed by atoms with Crippen LogP contribution >= 0.6 is 11.6 Å². The molecule has 1 unspecified atom stereocenters. The van der Waals surface area contributed by atoms with Crippen LogP contribution in [0.3, 0.4) is 0 Å². The van der Waals surface area contributed by atoms with E-state index < -0.39 is 0 Å². The summed E-state index contributed by atoms with van der Waals surface area (Å²) in [7, 11) is 0. The predicted molar refractivity (Wildman–Crippen MR) is 82.2 cm³/mol. The third-order valence-electron chi connectivity index (χ3n) is 4.10. The summed E-state index contributed by atoms with van der Waals surface area (Å²) >= 11 is 6.14. The molecule has 0 spiro atoms. The van der Waals surface area contributed by atoms with Crippen molar-refractivity contribution in [1.82, 2.24) is 9.78 Å². The van der Waals surface area contributed by atoms with Gasteiger partial charge in [-0.2, -0.15) is 5.10 Å².